The summed E-state index contributed by atoms with van der Waals surface area (Å²) in [5, 5.41) is 11.8. The molecule has 0 atom stereocenters. The fraction of sp³-hybridized carbons (Fsp3) is 0.231. The smallest absolute Gasteiger partial charge is 0.198 e. The van der Waals surface area contributed by atoms with E-state index in [1.54, 1.807) is 38.1 Å². The molecule has 3 aromatic carbocycles. The average Bonchev–Trinajstić information content (AvgIpc) is 2.85. The maximum atomic E-state index is 14.1. The van der Waals surface area contributed by atoms with Crippen molar-refractivity contribution in [1.82, 2.24) is 0 Å². The van der Waals surface area contributed by atoms with Crippen LogP contribution in [0.25, 0.3) is 16.3 Å². The van der Waals surface area contributed by atoms with Crippen molar-refractivity contribution in [3.8, 4) is 28.7 Å². The van der Waals surface area contributed by atoms with Crippen LogP contribution in [0.5, 0.6) is 28.7 Å². The van der Waals surface area contributed by atoms with Gasteiger partial charge in [0, 0.05) is 22.1 Å². The van der Waals surface area contributed by atoms with Crippen LogP contribution < -0.4 is 18.9 Å². The average molecular weight is 527 g/mol. The first-order valence-corrected chi connectivity index (χ1v) is 11.1. The minimum atomic E-state index is -0.394. The number of aromatic hydroxyl groups is 1. The van der Waals surface area contributed by atoms with Gasteiger partial charge in [-0.05, 0) is 59.6 Å². The summed E-state index contributed by atoms with van der Waals surface area (Å²) in [6.07, 6.45) is 0. The molecule has 0 heterocycles. The van der Waals surface area contributed by atoms with E-state index in [1.165, 1.54) is 28.4 Å². The number of carbonyl (C=O) groups is 2. The lowest BCUT2D eigenvalue weighted by Gasteiger charge is -2.26. The molecular weight excluding hydrogens is 504 g/mol. The summed E-state index contributed by atoms with van der Waals surface area (Å²) >= 11 is 3.46. The number of phenolic OH excluding ortho intramolecular Hbond substituents is 1. The number of hydrogen-bond donors (Lipinski definition) is 1. The molecule has 1 aliphatic carbocycles. The molecule has 1 aliphatic rings. The highest BCUT2D eigenvalue weighted by Gasteiger charge is 2.38. The van der Waals surface area contributed by atoms with E-state index in [1.807, 2.05) is 0 Å². The summed E-state index contributed by atoms with van der Waals surface area (Å²) in [6.45, 7) is 3.37. The van der Waals surface area contributed by atoms with E-state index in [9.17, 15) is 14.7 Å². The molecule has 34 heavy (non-hydrogen) atoms. The predicted molar refractivity (Wildman–Crippen MR) is 132 cm³/mol. The number of carbonyl (C=O) groups excluding carboxylic acids is 2. The zero-order valence-corrected chi connectivity index (χ0v) is 21.2. The Morgan fingerprint density at radius 2 is 1.12 bits per heavy atom. The quantitative estimate of drug-likeness (QED) is 0.469. The molecule has 4 rings (SSSR count). The first-order valence-electron chi connectivity index (χ1n) is 10.3. The van der Waals surface area contributed by atoms with E-state index in [-0.39, 0.29) is 39.6 Å². The Balaban J connectivity index is 2.20. The second-order valence-electron chi connectivity index (χ2n) is 7.76. The molecule has 8 heteroatoms. The fourth-order valence-electron chi connectivity index (χ4n) is 4.54. The largest absolute Gasteiger partial charge is 0.506 e. The zero-order valence-electron chi connectivity index (χ0n) is 19.6. The van der Waals surface area contributed by atoms with Crippen LogP contribution in [0.3, 0.4) is 0 Å². The van der Waals surface area contributed by atoms with Crippen LogP contribution in [0, 0.1) is 6.92 Å². The summed E-state index contributed by atoms with van der Waals surface area (Å²) in [4.78, 5) is 27.7. The predicted octanol–water partition coefficient (Wildman–Crippen LogP) is 5.50. The number of allylic oxidation sites excluding steroid dienone is 2. The maximum Gasteiger partial charge on any atom is 0.198 e. The van der Waals surface area contributed by atoms with E-state index in [4.69, 9.17) is 18.9 Å². The Kier molecular flexibility index (Phi) is 6.03. The Morgan fingerprint density at radius 3 is 1.62 bits per heavy atom. The Bertz CT molecular complexity index is 1420. The Hall–Kier alpha value is -3.52. The molecule has 0 aliphatic heterocycles. The molecular formula is C26H23BrO7. The Morgan fingerprint density at radius 1 is 0.676 bits per heavy atom. The van der Waals surface area contributed by atoms with Crippen LogP contribution >= 0.6 is 15.9 Å². The number of benzene rings is 3. The van der Waals surface area contributed by atoms with Crippen LogP contribution in [0.4, 0.5) is 0 Å². The van der Waals surface area contributed by atoms with Gasteiger partial charge in [-0.25, -0.2) is 0 Å². The molecule has 0 bridgehead atoms. The van der Waals surface area contributed by atoms with Crippen molar-refractivity contribution >= 4 is 43.8 Å². The lowest BCUT2D eigenvalue weighted by Crippen LogP contribution is -2.22. The van der Waals surface area contributed by atoms with Crippen molar-refractivity contribution in [2.24, 2.45) is 0 Å². The van der Waals surface area contributed by atoms with Crippen molar-refractivity contribution in [2.45, 2.75) is 13.8 Å². The van der Waals surface area contributed by atoms with Crippen LogP contribution in [0.2, 0.25) is 0 Å². The highest BCUT2D eigenvalue weighted by molar-refractivity contribution is 9.10. The second kappa shape index (κ2) is 8.68. The number of ether oxygens (including phenoxy) is 4. The first kappa shape index (κ1) is 23.6. The molecule has 0 amide bonds. The number of rotatable bonds is 5. The zero-order chi connectivity index (χ0) is 24.9. The molecule has 3 aromatic rings. The second-order valence-corrected chi connectivity index (χ2v) is 8.55. The third-order valence-electron chi connectivity index (χ3n) is 6.18. The van der Waals surface area contributed by atoms with Crippen molar-refractivity contribution in [2.75, 3.05) is 28.4 Å². The van der Waals surface area contributed by atoms with Crippen molar-refractivity contribution < 1.29 is 33.6 Å². The molecule has 0 unspecified atom stereocenters. The normalized spacial score (nSPS) is 13.3. The van der Waals surface area contributed by atoms with Crippen LogP contribution in [0.1, 0.15) is 38.8 Å². The number of halogens is 1. The number of Topliss-reactive ketones (excluding diaryl/α,β-unsaturated/α-hetero) is 2. The van der Waals surface area contributed by atoms with Crippen molar-refractivity contribution in [3.63, 3.8) is 0 Å². The molecule has 7 nitrogen and oxygen atoms in total. The highest BCUT2D eigenvalue weighted by Crippen LogP contribution is 2.51. The number of phenols is 1. The lowest BCUT2D eigenvalue weighted by atomic mass is 9.78. The van der Waals surface area contributed by atoms with E-state index in [2.05, 4.69) is 15.9 Å². The molecule has 0 saturated heterocycles. The van der Waals surface area contributed by atoms with Gasteiger partial charge in [0.1, 0.15) is 28.7 Å². The number of fused-ring (bicyclic) bond motifs is 2. The summed E-state index contributed by atoms with van der Waals surface area (Å²) < 4.78 is 22.3. The first-order chi connectivity index (χ1) is 16.2. The summed E-state index contributed by atoms with van der Waals surface area (Å²) in [5.41, 5.74) is 1.76. The summed E-state index contributed by atoms with van der Waals surface area (Å²) in [5.74, 6) is 0.570. The van der Waals surface area contributed by atoms with Crippen LogP contribution in [-0.4, -0.2) is 45.1 Å². The van der Waals surface area contributed by atoms with Crippen molar-refractivity contribution in [1.29, 1.82) is 0 Å². The maximum absolute atomic E-state index is 14.1. The van der Waals surface area contributed by atoms with Gasteiger partial charge in [-0.2, -0.15) is 0 Å². The molecule has 176 valence electrons. The van der Waals surface area contributed by atoms with E-state index >= 15 is 0 Å². The fourth-order valence-corrected chi connectivity index (χ4v) is 4.93. The van der Waals surface area contributed by atoms with Gasteiger partial charge in [-0.1, -0.05) is 0 Å². The van der Waals surface area contributed by atoms with E-state index < -0.39 is 5.78 Å². The molecule has 0 fully saturated rings. The third kappa shape index (κ3) is 3.16. The molecule has 0 aromatic heterocycles. The molecule has 0 saturated carbocycles. The van der Waals surface area contributed by atoms with E-state index in [0.29, 0.717) is 43.6 Å². The number of hydrogen-bond acceptors (Lipinski definition) is 7. The summed E-state index contributed by atoms with van der Waals surface area (Å²) in [7, 11) is 5.87. The van der Waals surface area contributed by atoms with Gasteiger partial charge in [0.25, 0.3) is 0 Å². The minimum absolute atomic E-state index is 0.0560. The number of methoxy groups -OCH3 is 4. The monoisotopic (exact) mass is 526 g/mol. The van der Waals surface area contributed by atoms with Gasteiger partial charge in [-0.3, -0.25) is 9.59 Å². The third-order valence-corrected chi connectivity index (χ3v) is 7.15. The molecule has 1 N–H and O–H groups in total. The van der Waals surface area contributed by atoms with Gasteiger partial charge in [0.15, 0.2) is 11.6 Å². The Labute approximate surface area is 205 Å². The molecule has 0 spiro atoms. The van der Waals surface area contributed by atoms with Crippen molar-refractivity contribution in [3.05, 3.63) is 56.6 Å². The minimum Gasteiger partial charge on any atom is -0.506 e. The van der Waals surface area contributed by atoms with Crippen LogP contribution in [-0.2, 0) is 0 Å². The highest BCUT2D eigenvalue weighted by atomic mass is 79.9. The SMILES string of the molecule is COc1ccc(OC)c2c1C(=O)C(C)=C(c1c(C)c(Br)c(O)c3c(OC)ccc(OC)c13)C2=O. The van der Waals surface area contributed by atoms with Gasteiger partial charge in [0.05, 0.1) is 49.4 Å². The standard InChI is InChI=1S/C26H23BrO7/c1-11-17(19-13(31-3)7-8-14(32-4)20(19)26(30)23(11)27)18-12(2)24(28)21-15(33-5)9-10-16(34-6)22(21)25(18)29/h7-10,30H,1-6H3. The van der Waals surface area contributed by atoms with E-state index in [0.717, 1.165) is 0 Å². The van der Waals surface area contributed by atoms with Crippen LogP contribution in [0.15, 0.2) is 34.3 Å². The van der Waals surface area contributed by atoms with Gasteiger partial charge in [-0.15, -0.1) is 0 Å². The topological polar surface area (TPSA) is 91.3 Å². The molecule has 0 radical (unpaired) electrons. The van der Waals surface area contributed by atoms with Gasteiger partial charge in [0.2, 0.25) is 0 Å². The number of ketones is 2. The summed E-state index contributed by atoms with van der Waals surface area (Å²) in [6, 6.07) is 6.57. The van der Waals surface area contributed by atoms with Gasteiger partial charge < -0.3 is 24.1 Å². The van der Waals surface area contributed by atoms with Gasteiger partial charge >= 0.3 is 0 Å². The lowest BCUT2D eigenvalue weighted by molar-refractivity contribution is 0.0987.